The van der Waals surface area contributed by atoms with Crippen molar-refractivity contribution in [1.29, 1.82) is 0 Å². The van der Waals surface area contributed by atoms with Gasteiger partial charge in [-0.15, -0.1) is 11.3 Å². The Hall–Kier alpha value is -0.390. The van der Waals surface area contributed by atoms with E-state index in [0.29, 0.717) is 5.92 Å². The molecule has 0 saturated heterocycles. The van der Waals surface area contributed by atoms with E-state index in [2.05, 4.69) is 13.8 Å². The lowest BCUT2D eigenvalue weighted by atomic mass is 10.1. The lowest BCUT2D eigenvalue weighted by Crippen LogP contribution is -2.42. The summed E-state index contributed by atoms with van der Waals surface area (Å²) in [5.41, 5.74) is -0.424. The van der Waals surface area contributed by atoms with Gasteiger partial charge in [-0.2, -0.15) is 0 Å². The van der Waals surface area contributed by atoms with E-state index >= 15 is 0 Å². The van der Waals surface area contributed by atoms with Crippen molar-refractivity contribution in [3.63, 3.8) is 0 Å². The van der Waals surface area contributed by atoms with E-state index in [1.54, 1.807) is 11.3 Å². The summed E-state index contributed by atoms with van der Waals surface area (Å²) < 4.78 is 24.1. The molecule has 5 heteroatoms. The van der Waals surface area contributed by atoms with Crippen LogP contribution in [-0.2, 0) is 17.7 Å². The highest BCUT2D eigenvalue weighted by molar-refractivity contribution is 7.81. The molecule has 0 aliphatic heterocycles. The van der Waals surface area contributed by atoms with Gasteiger partial charge >= 0.3 is 0 Å². The van der Waals surface area contributed by atoms with E-state index in [0.717, 1.165) is 11.4 Å². The van der Waals surface area contributed by atoms with Crippen LogP contribution in [0.5, 0.6) is 0 Å². The van der Waals surface area contributed by atoms with Crippen LogP contribution in [0.1, 0.15) is 39.5 Å². The molecule has 1 heterocycles. The zero-order valence-electron chi connectivity index (χ0n) is 11.0. The topological polar surface area (TPSA) is 43.4 Å². The maximum absolute atomic E-state index is 11.3. The zero-order valence-corrected chi connectivity index (χ0v) is 12.7. The molecule has 0 bridgehead atoms. The van der Waals surface area contributed by atoms with Crippen LogP contribution in [0.25, 0.3) is 0 Å². The third-order valence-corrected chi connectivity index (χ3v) is 4.47. The molecule has 3 nitrogen and oxygen atoms in total. The molecule has 0 saturated carbocycles. The molecule has 1 atom stereocenters. The van der Waals surface area contributed by atoms with Crippen molar-refractivity contribution in [3.05, 3.63) is 17.0 Å². The Morgan fingerprint density at radius 3 is 2.41 bits per heavy atom. The number of rotatable bonds is 4. The Morgan fingerprint density at radius 2 is 2.00 bits per heavy atom. The standard InChI is InChI=1S/C12H21NO2S2/c1-9(2)8-10-6-7-11(16-10)13(17(14)15)12(3,4)5/h6-7,9H,8H2,1-5H3,(H,14,15)/p-1. The average molecular weight is 274 g/mol. The SMILES string of the molecule is CC(C)Cc1ccc(N(S(=O)[O-])C(C)(C)C)s1. The van der Waals surface area contributed by atoms with E-state index in [4.69, 9.17) is 0 Å². The van der Waals surface area contributed by atoms with Crippen LogP contribution in [0.3, 0.4) is 0 Å². The van der Waals surface area contributed by atoms with Crippen molar-refractivity contribution in [2.75, 3.05) is 4.31 Å². The van der Waals surface area contributed by atoms with E-state index < -0.39 is 16.8 Å². The third kappa shape index (κ3) is 4.08. The summed E-state index contributed by atoms with van der Waals surface area (Å²) in [4.78, 5) is 1.23. The van der Waals surface area contributed by atoms with Gasteiger partial charge in [0.15, 0.2) is 0 Å². The predicted molar refractivity (Wildman–Crippen MR) is 74.0 cm³/mol. The van der Waals surface area contributed by atoms with E-state index in [9.17, 15) is 8.76 Å². The summed E-state index contributed by atoms with van der Waals surface area (Å²) in [7, 11) is 0. The van der Waals surface area contributed by atoms with Crippen LogP contribution in [-0.4, -0.2) is 14.3 Å². The van der Waals surface area contributed by atoms with Crippen LogP contribution in [0, 0.1) is 5.92 Å². The van der Waals surface area contributed by atoms with Gasteiger partial charge in [-0.05, 0) is 45.2 Å². The number of hydrogen-bond donors (Lipinski definition) is 0. The molecule has 1 unspecified atom stereocenters. The first-order valence-electron chi connectivity index (χ1n) is 5.70. The fourth-order valence-electron chi connectivity index (χ4n) is 1.62. The van der Waals surface area contributed by atoms with Crippen LogP contribution in [0.15, 0.2) is 12.1 Å². The Kier molecular flexibility index (Phi) is 4.75. The minimum atomic E-state index is -2.23. The highest BCUT2D eigenvalue weighted by Crippen LogP contribution is 2.33. The van der Waals surface area contributed by atoms with Crippen molar-refractivity contribution in [3.8, 4) is 0 Å². The van der Waals surface area contributed by atoms with Crippen LogP contribution < -0.4 is 4.31 Å². The van der Waals surface area contributed by atoms with E-state index in [1.165, 1.54) is 9.18 Å². The molecule has 0 fully saturated rings. The quantitative estimate of drug-likeness (QED) is 0.790. The highest BCUT2D eigenvalue weighted by Gasteiger charge is 2.24. The molecule has 0 N–H and O–H groups in total. The van der Waals surface area contributed by atoms with Crippen molar-refractivity contribution < 1.29 is 8.76 Å². The summed E-state index contributed by atoms with van der Waals surface area (Å²) in [6.45, 7) is 10.00. The number of hydrogen-bond acceptors (Lipinski definition) is 3. The van der Waals surface area contributed by atoms with Gasteiger partial charge in [0.25, 0.3) is 0 Å². The maximum atomic E-state index is 11.3. The molecule has 0 spiro atoms. The molecule has 0 amide bonds. The molecule has 0 aliphatic rings. The number of nitrogens with zero attached hydrogens (tertiary/aromatic N) is 1. The second-order valence-corrected chi connectivity index (χ2v) is 7.47. The van der Waals surface area contributed by atoms with Crippen LogP contribution in [0.2, 0.25) is 0 Å². The molecule has 98 valence electrons. The van der Waals surface area contributed by atoms with Crippen LogP contribution >= 0.6 is 11.3 Å². The summed E-state index contributed by atoms with van der Waals surface area (Å²) in [5.74, 6) is 0.585. The normalized spacial score (nSPS) is 14.1. The Balaban J connectivity index is 2.97. The summed E-state index contributed by atoms with van der Waals surface area (Å²) in [6.07, 6.45) is 0.994. The molecule has 1 aromatic heterocycles. The minimum absolute atomic E-state index is 0.424. The fraction of sp³-hybridized carbons (Fsp3) is 0.667. The average Bonchev–Trinajstić information content (AvgIpc) is 2.47. The molecule has 0 radical (unpaired) electrons. The van der Waals surface area contributed by atoms with Crippen LogP contribution in [0.4, 0.5) is 5.00 Å². The summed E-state index contributed by atoms with van der Waals surface area (Å²) in [6, 6.07) is 3.91. The molecule has 1 aromatic rings. The number of anilines is 1. The zero-order chi connectivity index (χ0) is 13.2. The molecule has 0 aromatic carbocycles. The summed E-state index contributed by atoms with van der Waals surface area (Å²) >= 11 is -0.672. The Labute approximate surface area is 110 Å². The molecule has 1 rings (SSSR count). The lowest BCUT2D eigenvalue weighted by Gasteiger charge is -2.37. The summed E-state index contributed by atoms with van der Waals surface area (Å²) in [5, 5.41) is 0.793. The first-order valence-corrected chi connectivity index (χ1v) is 7.55. The van der Waals surface area contributed by atoms with Gasteiger partial charge in [0.1, 0.15) is 5.00 Å². The first kappa shape index (κ1) is 14.7. The predicted octanol–water partition coefficient (Wildman–Crippen LogP) is 3.35. The van der Waals surface area contributed by atoms with Gasteiger partial charge in [0.05, 0.1) is 0 Å². The van der Waals surface area contributed by atoms with Gasteiger partial charge in [-0.3, -0.25) is 8.51 Å². The fourth-order valence-corrected chi connectivity index (χ4v) is 3.88. The molecular weight excluding hydrogens is 254 g/mol. The Morgan fingerprint density at radius 1 is 1.41 bits per heavy atom. The van der Waals surface area contributed by atoms with E-state index in [1.807, 2.05) is 32.9 Å². The van der Waals surface area contributed by atoms with E-state index in [-0.39, 0.29) is 0 Å². The maximum Gasteiger partial charge on any atom is 0.103 e. The van der Waals surface area contributed by atoms with Gasteiger partial charge in [-0.25, -0.2) is 0 Å². The Bertz CT molecular complexity index is 393. The molecule has 17 heavy (non-hydrogen) atoms. The second kappa shape index (κ2) is 5.50. The highest BCUT2D eigenvalue weighted by atomic mass is 32.2. The molecular formula is C12H20NO2S2-. The van der Waals surface area contributed by atoms with Crippen molar-refractivity contribution in [2.24, 2.45) is 5.92 Å². The largest absolute Gasteiger partial charge is 0.755 e. The van der Waals surface area contributed by atoms with Crippen molar-refractivity contribution >= 4 is 27.6 Å². The van der Waals surface area contributed by atoms with Gasteiger partial charge < -0.3 is 4.55 Å². The van der Waals surface area contributed by atoms with Gasteiger partial charge in [-0.1, -0.05) is 13.8 Å². The minimum Gasteiger partial charge on any atom is -0.755 e. The third-order valence-electron chi connectivity index (χ3n) is 2.22. The smallest absolute Gasteiger partial charge is 0.103 e. The monoisotopic (exact) mass is 274 g/mol. The van der Waals surface area contributed by atoms with Gasteiger partial charge in [0, 0.05) is 21.7 Å². The van der Waals surface area contributed by atoms with Gasteiger partial charge in [0.2, 0.25) is 0 Å². The van der Waals surface area contributed by atoms with Crippen molar-refractivity contribution in [1.82, 2.24) is 0 Å². The first-order chi connectivity index (χ1) is 7.71. The second-order valence-electron chi connectivity index (χ2n) is 5.52. The lowest BCUT2D eigenvalue weighted by molar-refractivity contribution is 0.499. The number of thiophene rings is 1. The van der Waals surface area contributed by atoms with Crippen molar-refractivity contribution in [2.45, 2.75) is 46.6 Å². The molecule has 0 aliphatic carbocycles.